The predicted octanol–water partition coefficient (Wildman–Crippen LogP) is 3.32. The fourth-order valence-corrected chi connectivity index (χ4v) is 3.91. The number of carbonyl (C=O) groups is 1. The van der Waals surface area contributed by atoms with E-state index in [0.717, 1.165) is 28.4 Å². The van der Waals surface area contributed by atoms with Crippen LogP contribution in [0.4, 0.5) is 0 Å². The van der Waals surface area contributed by atoms with Crippen LogP contribution in [0.5, 0.6) is 0 Å². The van der Waals surface area contributed by atoms with Crippen LogP contribution in [-0.2, 0) is 12.2 Å². The Bertz CT molecular complexity index is 1100. The molecule has 2 heterocycles. The van der Waals surface area contributed by atoms with Gasteiger partial charge in [0.05, 0.1) is 17.0 Å². The van der Waals surface area contributed by atoms with Crippen molar-refractivity contribution in [3.63, 3.8) is 0 Å². The number of amides is 1. The molecule has 1 amide bonds. The molecule has 4 aromatic rings. The quantitative estimate of drug-likeness (QED) is 0.444. The summed E-state index contributed by atoms with van der Waals surface area (Å²) in [7, 11) is 0. The molecule has 0 bridgehead atoms. The van der Waals surface area contributed by atoms with Gasteiger partial charge in [0.25, 0.3) is 5.91 Å². The first-order valence-electron chi connectivity index (χ1n) is 9.53. The minimum atomic E-state index is -0.0929. The number of nitrogens with zero attached hydrogens (tertiary/aromatic N) is 5. The standard InChI is InChI=1S/C22H20N6OS/c29-22(24-14-12-17-7-6-13-23-15-17)19-10-4-5-11-20(19)30-16-21-25-26-27-28(21)18-8-2-1-3-9-18/h1-11,13,15H,12,14,16H2,(H,24,29). The summed E-state index contributed by atoms with van der Waals surface area (Å²) in [6.07, 6.45) is 4.29. The number of thioether (sulfide) groups is 1. The number of carbonyl (C=O) groups excluding carboxylic acids is 1. The first-order chi connectivity index (χ1) is 14.8. The number of para-hydroxylation sites is 1. The van der Waals surface area contributed by atoms with Crippen LogP contribution in [0.3, 0.4) is 0 Å². The molecule has 0 saturated heterocycles. The molecule has 0 atom stereocenters. The third kappa shape index (κ3) is 4.90. The lowest BCUT2D eigenvalue weighted by Gasteiger charge is -2.10. The van der Waals surface area contributed by atoms with Gasteiger partial charge in [-0.2, -0.15) is 4.68 Å². The summed E-state index contributed by atoms with van der Waals surface area (Å²) >= 11 is 1.54. The fourth-order valence-electron chi connectivity index (χ4n) is 2.95. The summed E-state index contributed by atoms with van der Waals surface area (Å²) < 4.78 is 1.71. The second-order valence-electron chi connectivity index (χ2n) is 6.49. The van der Waals surface area contributed by atoms with Gasteiger partial charge in [0.1, 0.15) is 0 Å². The number of hydrogen-bond donors (Lipinski definition) is 1. The minimum absolute atomic E-state index is 0.0929. The summed E-state index contributed by atoms with van der Waals surface area (Å²) in [6, 6.07) is 21.2. The predicted molar refractivity (Wildman–Crippen MR) is 115 cm³/mol. The van der Waals surface area contributed by atoms with Crippen LogP contribution >= 0.6 is 11.8 Å². The number of tetrazole rings is 1. The van der Waals surface area contributed by atoms with Gasteiger partial charge in [0, 0.05) is 23.8 Å². The number of benzene rings is 2. The van der Waals surface area contributed by atoms with Crippen LogP contribution in [-0.4, -0.2) is 37.6 Å². The van der Waals surface area contributed by atoms with E-state index in [4.69, 9.17) is 0 Å². The molecule has 0 aliphatic heterocycles. The van der Waals surface area contributed by atoms with Gasteiger partial charge in [0.15, 0.2) is 5.82 Å². The zero-order chi connectivity index (χ0) is 20.6. The van der Waals surface area contributed by atoms with Crippen molar-refractivity contribution in [2.45, 2.75) is 17.1 Å². The zero-order valence-corrected chi connectivity index (χ0v) is 17.0. The van der Waals surface area contributed by atoms with E-state index in [2.05, 4.69) is 25.8 Å². The Kier molecular flexibility index (Phi) is 6.46. The lowest BCUT2D eigenvalue weighted by Crippen LogP contribution is -2.26. The summed E-state index contributed by atoms with van der Waals surface area (Å²) in [4.78, 5) is 17.7. The molecule has 2 aromatic carbocycles. The van der Waals surface area contributed by atoms with Crippen LogP contribution in [0, 0.1) is 0 Å². The van der Waals surface area contributed by atoms with E-state index < -0.39 is 0 Å². The molecular formula is C22H20N6OS. The molecule has 150 valence electrons. The molecule has 0 saturated carbocycles. The van der Waals surface area contributed by atoms with Crippen LogP contribution in [0.1, 0.15) is 21.7 Å². The third-order valence-electron chi connectivity index (χ3n) is 4.45. The van der Waals surface area contributed by atoms with Crippen molar-refractivity contribution in [1.29, 1.82) is 0 Å². The number of rotatable bonds is 8. The molecule has 4 rings (SSSR count). The Morgan fingerprint density at radius 2 is 1.83 bits per heavy atom. The summed E-state index contributed by atoms with van der Waals surface area (Å²) in [6.45, 7) is 0.551. The molecule has 0 spiro atoms. The lowest BCUT2D eigenvalue weighted by molar-refractivity contribution is 0.0951. The first kappa shape index (κ1) is 19.8. The zero-order valence-electron chi connectivity index (χ0n) is 16.2. The monoisotopic (exact) mass is 416 g/mol. The van der Waals surface area contributed by atoms with Crippen LogP contribution in [0.2, 0.25) is 0 Å². The topological polar surface area (TPSA) is 85.6 Å². The Morgan fingerprint density at radius 3 is 2.67 bits per heavy atom. The van der Waals surface area contributed by atoms with Crippen molar-refractivity contribution >= 4 is 17.7 Å². The summed E-state index contributed by atoms with van der Waals surface area (Å²) in [5.74, 6) is 1.17. The van der Waals surface area contributed by atoms with E-state index in [9.17, 15) is 4.79 Å². The van der Waals surface area contributed by atoms with Gasteiger partial charge in [-0.1, -0.05) is 36.4 Å². The molecule has 0 aliphatic carbocycles. The van der Waals surface area contributed by atoms with Crippen molar-refractivity contribution in [2.75, 3.05) is 6.54 Å². The number of pyridine rings is 1. The maximum atomic E-state index is 12.7. The highest BCUT2D eigenvalue weighted by Gasteiger charge is 2.14. The van der Waals surface area contributed by atoms with Crippen molar-refractivity contribution in [3.8, 4) is 5.69 Å². The average molecular weight is 417 g/mol. The van der Waals surface area contributed by atoms with Gasteiger partial charge in [-0.15, -0.1) is 16.9 Å². The molecule has 7 nitrogen and oxygen atoms in total. The van der Waals surface area contributed by atoms with E-state index >= 15 is 0 Å². The Balaban J connectivity index is 1.40. The minimum Gasteiger partial charge on any atom is -0.352 e. The van der Waals surface area contributed by atoms with E-state index in [1.807, 2.05) is 72.9 Å². The molecule has 0 unspecified atom stereocenters. The lowest BCUT2D eigenvalue weighted by atomic mass is 10.2. The fraction of sp³-hybridized carbons (Fsp3) is 0.136. The van der Waals surface area contributed by atoms with E-state index in [0.29, 0.717) is 17.9 Å². The van der Waals surface area contributed by atoms with Gasteiger partial charge in [-0.25, -0.2) is 0 Å². The SMILES string of the molecule is O=C(NCCc1cccnc1)c1ccccc1SCc1nnnn1-c1ccccc1. The molecule has 30 heavy (non-hydrogen) atoms. The Labute approximate surface area is 178 Å². The maximum Gasteiger partial charge on any atom is 0.252 e. The average Bonchev–Trinajstić information content (AvgIpc) is 3.28. The highest BCUT2D eigenvalue weighted by atomic mass is 32.2. The highest BCUT2D eigenvalue weighted by Crippen LogP contribution is 2.26. The number of aromatic nitrogens is 5. The van der Waals surface area contributed by atoms with Crippen LogP contribution < -0.4 is 5.32 Å². The second-order valence-corrected chi connectivity index (χ2v) is 7.51. The molecule has 8 heteroatoms. The van der Waals surface area contributed by atoms with E-state index in [1.165, 1.54) is 11.8 Å². The maximum absolute atomic E-state index is 12.7. The number of hydrogen-bond acceptors (Lipinski definition) is 6. The van der Waals surface area contributed by atoms with Crippen molar-refractivity contribution in [1.82, 2.24) is 30.5 Å². The second kappa shape index (κ2) is 9.80. The molecule has 1 N–H and O–H groups in total. The largest absolute Gasteiger partial charge is 0.352 e. The van der Waals surface area contributed by atoms with Crippen molar-refractivity contribution < 1.29 is 4.79 Å². The Morgan fingerprint density at radius 1 is 1.00 bits per heavy atom. The molecule has 0 radical (unpaired) electrons. The van der Waals surface area contributed by atoms with Gasteiger partial charge < -0.3 is 5.32 Å². The van der Waals surface area contributed by atoms with Crippen LogP contribution in [0.25, 0.3) is 5.69 Å². The van der Waals surface area contributed by atoms with E-state index in [-0.39, 0.29) is 5.91 Å². The van der Waals surface area contributed by atoms with E-state index in [1.54, 1.807) is 10.9 Å². The third-order valence-corrected chi connectivity index (χ3v) is 5.51. The van der Waals surface area contributed by atoms with Gasteiger partial charge in [-0.3, -0.25) is 9.78 Å². The van der Waals surface area contributed by atoms with Crippen molar-refractivity contribution in [3.05, 3.63) is 96.1 Å². The Hall–Kier alpha value is -3.52. The number of nitrogens with one attached hydrogen (secondary N) is 1. The first-order valence-corrected chi connectivity index (χ1v) is 10.5. The van der Waals surface area contributed by atoms with Crippen molar-refractivity contribution in [2.24, 2.45) is 0 Å². The van der Waals surface area contributed by atoms with Gasteiger partial charge >= 0.3 is 0 Å². The van der Waals surface area contributed by atoms with Gasteiger partial charge in [-0.05, 0) is 52.7 Å². The summed E-state index contributed by atoms with van der Waals surface area (Å²) in [5, 5.41) is 15.0. The molecule has 2 aromatic heterocycles. The smallest absolute Gasteiger partial charge is 0.252 e. The summed E-state index contributed by atoms with van der Waals surface area (Å²) in [5.41, 5.74) is 2.64. The molecular weight excluding hydrogens is 396 g/mol. The molecule has 0 fully saturated rings. The molecule has 0 aliphatic rings. The van der Waals surface area contributed by atoms with Crippen LogP contribution in [0.15, 0.2) is 84.0 Å². The highest BCUT2D eigenvalue weighted by molar-refractivity contribution is 7.98. The van der Waals surface area contributed by atoms with Gasteiger partial charge in [0.2, 0.25) is 0 Å². The normalized spacial score (nSPS) is 10.7.